The summed E-state index contributed by atoms with van der Waals surface area (Å²) in [6.07, 6.45) is 4.94. The van der Waals surface area contributed by atoms with Crippen molar-refractivity contribution < 1.29 is 0 Å². The van der Waals surface area contributed by atoms with Crippen LogP contribution in [0.15, 0.2) is 0 Å². The van der Waals surface area contributed by atoms with Gasteiger partial charge in [0.15, 0.2) is 0 Å². The van der Waals surface area contributed by atoms with Gasteiger partial charge in [-0.1, -0.05) is 31.4 Å². The molecule has 1 heterocycles. The van der Waals surface area contributed by atoms with E-state index in [0.717, 1.165) is 36.1 Å². The Morgan fingerprint density at radius 2 is 2.06 bits per heavy atom. The normalized spacial score (nSPS) is 15.1. The van der Waals surface area contributed by atoms with Crippen LogP contribution < -0.4 is 4.90 Å². The summed E-state index contributed by atoms with van der Waals surface area (Å²) in [4.78, 5) is 11.0. The van der Waals surface area contributed by atoms with Crippen LogP contribution in [0.1, 0.15) is 37.6 Å². The molecule has 1 aromatic heterocycles. The summed E-state index contributed by atoms with van der Waals surface area (Å²) in [5, 5.41) is 0.605. The summed E-state index contributed by atoms with van der Waals surface area (Å²) in [6.45, 7) is 5.05. The summed E-state index contributed by atoms with van der Waals surface area (Å²) in [5.74, 6) is 2.70. The van der Waals surface area contributed by atoms with E-state index >= 15 is 0 Å². The van der Waals surface area contributed by atoms with Crippen LogP contribution in [-0.4, -0.2) is 23.6 Å². The standard InChI is InChI=1S/C13H20ClN3/c1-4-11-12(14)15-9(2)16-13(11)17(3)8-7-10-5-6-10/h10H,4-8H2,1-3H3. The number of aromatic nitrogens is 2. The van der Waals surface area contributed by atoms with Crippen molar-refractivity contribution in [3.63, 3.8) is 0 Å². The van der Waals surface area contributed by atoms with Gasteiger partial charge in [-0.25, -0.2) is 9.97 Å². The fourth-order valence-electron chi connectivity index (χ4n) is 2.06. The third-order valence-electron chi connectivity index (χ3n) is 3.33. The number of hydrogen-bond donors (Lipinski definition) is 0. The summed E-state index contributed by atoms with van der Waals surface area (Å²) >= 11 is 6.18. The molecule has 0 aliphatic heterocycles. The number of rotatable bonds is 5. The Kier molecular flexibility index (Phi) is 3.87. The van der Waals surface area contributed by atoms with E-state index in [1.54, 1.807) is 0 Å². The quantitative estimate of drug-likeness (QED) is 0.755. The van der Waals surface area contributed by atoms with Gasteiger partial charge in [0, 0.05) is 19.2 Å². The van der Waals surface area contributed by atoms with Gasteiger partial charge in [0.05, 0.1) is 0 Å². The topological polar surface area (TPSA) is 29.0 Å². The fraction of sp³-hybridized carbons (Fsp3) is 0.692. The highest BCUT2D eigenvalue weighted by Crippen LogP contribution is 2.33. The van der Waals surface area contributed by atoms with Gasteiger partial charge in [0.2, 0.25) is 0 Å². The zero-order valence-electron chi connectivity index (χ0n) is 10.8. The zero-order chi connectivity index (χ0) is 12.4. The van der Waals surface area contributed by atoms with Gasteiger partial charge in [-0.15, -0.1) is 0 Å². The number of anilines is 1. The second kappa shape index (κ2) is 5.21. The number of aryl methyl sites for hydroxylation is 1. The van der Waals surface area contributed by atoms with E-state index in [4.69, 9.17) is 11.6 Å². The van der Waals surface area contributed by atoms with Crippen LogP contribution >= 0.6 is 11.6 Å². The zero-order valence-corrected chi connectivity index (χ0v) is 11.6. The first-order valence-corrected chi connectivity index (χ1v) is 6.73. The predicted octanol–water partition coefficient (Wildman–Crippen LogP) is 3.24. The Bertz CT molecular complexity index is 402. The molecule has 94 valence electrons. The Morgan fingerprint density at radius 1 is 1.35 bits per heavy atom. The van der Waals surface area contributed by atoms with Crippen LogP contribution in [-0.2, 0) is 6.42 Å². The minimum absolute atomic E-state index is 0.605. The van der Waals surface area contributed by atoms with Gasteiger partial charge in [-0.05, 0) is 25.7 Å². The van der Waals surface area contributed by atoms with Crippen molar-refractivity contribution in [1.82, 2.24) is 9.97 Å². The molecule has 0 saturated heterocycles. The fourth-order valence-corrected chi connectivity index (χ4v) is 2.40. The van der Waals surface area contributed by atoms with Gasteiger partial charge in [-0.3, -0.25) is 0 Å². The largest absolute Gasteiger partial charge is 0.359 e. The minimum Gasteiger partial charge on any atom is -0.359 e. The maximum atomic E-state index is 6.18. The first kappa shape index (κ1) is 12.6. The molecule has 0 spiro atoms. The molecule has 4 heteroatoms. The molecule has 1 aliphatic rings. The van der Waals surface area contributed by atoms with Gasteiger partial charge >= 0.3 is 0 Å². The van der Waals surface area contributed by atoms with Crippen molar-refractivity contribution >= 4 is 17.4 Å². The molecule has 17 heavy (non-hydrogen) atoms. The highest BCUT2D eigenvalue weighted by Gasteiger charge is 2.22. The summed E-state index contributed by atoms with van der Waals surface area (Å²) in [6, 6.07) is 0. The van der Waals surface area contributed by atoms with Gasteiger partial charge in [-0.2, -0.15) is 0 Å². The number of nitrogens with zero attached hydrogens (tertiary/aromatic N) is 3. The first-order valence-electron chi connectivity index (χ1n) is 6.36. The van der Waals surface area contributed by atoms with Crippen LogP contribution in [0.4, 0.5) is 5.82 Å². The molecule has 0 unspecified atom stereocenters. The molecule has 1 aliphatic carbocycles. The van der Waals surface area contributed by atoms with Crippen molar-refractivity contribution in [3.05, 3.63) is 16.5 Å². The Labute approximate surface area is 108 Å². The number of hydrogen-bond acceptors (Lipinski definition) is 3. The third kappa shape index (κ3) is 3.09. The average molecular weight is 254 g/mol. The second-order valence-corrected chi connectivity index (χ2v) is 5.23. The van der Waals surface area contributed by atoms with E-state index in [-0.39, 0.29) is 0 Å². The monoisotopic (exact) mass is 253 g/mol. The third-order valence-corrected chi connectivity index (χ3v) is 3.64. The lowest BCUT2D eigenvalue weighted by Crippen LogP contribution is -2.22. The molecule has 0 aromatic carbocycles. The van der Waals surface area contributed by atoms with Crippen LogP contribution in [0.5, 0.6) is 0 Å². The SMILES string of the molecule is CCc1c(Cl)nc(C)nc1N(C)CCC1CC1. The molecule has 1 saturated carbocycles. The number of halogens is 1. The molecule has 1 fully saturated rings. The first-order chi connectivity index (χ1) is 8.11. The van der Waals surface area contributed by atoms with Crippen LogP contribution in [0.2, 0.25) is 5.15 Å². The maximum absolute atomic E-state index is 6.18. The van der Waals surface area contributed by atoms with Crippen molar-refractivity contribution in [2.24, 2.45) is 5.92 Å². The van der Waals surface area contributed by atoms with E-state index in [2.05, 4.69) is 28.8 Å². The molecular weight excluding hydrogens is 234 g/mol. The van der Waals surface area contributed by atoms with Gasteiger partial charge < -0.3 is 4.90 Å². The van der Waals surface area contributed by atoms with E-state index in [1.807, 2.05) is 6.92 Å². The summed E-state index contributed by atoms with van der Waals surface area (Å²) < 4.78 is 0. The second-order valence-electron chi connectivity index (χ2n) is 4.87. The molecule has 0 radical (unpaired) electrons. The lowest BCUT2D eigenvalue weighted by Gasteiger charge is -2.21. The smallest absolute Gasteiger partial charge is 0.138 e. The molecule has 0 bridgehead atoms. The van der Waals surface area contributed by atoms with Gasteiger partial charge in [0.25, 0.3) is 0 Å². The average Bonchev–Trinajstić information content (AvgIpc) is 3.08. The van der Waals surface area contributed by atoms with Gasteiger partial charge in [0.1, 0.15) is 16.8 Å². The molecule has 0 N–H and O–H groups in total. The molecule has 0 atom stereocenters. The van der Waals surface area contributed by atoms with Crippen LogP contribution in [0.25, 0.3) is 0 Å². The van der Waals surface area contributed by atoms with E-state index in [1.165, 1.54) is 19.3 Å². The Morgan fingerprint density at radius 3 is 2.65 bits per heavy atom. The lowest BCUT2D eigenvalue weighted by molar-refractivity contribution is 0.701. The van der Waals surface area contributed by atoms with Crippen molar-refractivity contribution in [3.8, 4) is 0 Å². The molecule has 2 rings (SSSR count). The minimum atomic E-state index is 0.605. The lowest BCUT2D eigenvalue weighted by atomic mass is 10.2. The summed E-state index contributed by atoms with van der Waals surface area (Å²) in [7, 11) is 2.10. The molecule has 0 amide bonds. The van der Waals surface area contributed by atoms with E-state index < -0.39 is 0 Å². The summed E-state index contributed by atoms with van der Waals surface area (Å²) in [5.41, 5.74) is 1.07. The van der Waals surface area contributed by atoms with Crippen LogP contribution in [0.3, 0.4) is 0 Å². The highest BCUT2D eigenvalue weighted by molar-refractivity contribution is 6.30. The molecule has 3 nitrogen and oxygen atoms in total. The maximum Gasteiger partial charge on any atom is 0.138 e. The van der Waals surface area contributed by atoms with Crippen molar-refractivity contribution in [1.29, 1.82) is 0 Å². The predicted molar refractivity (Wildman–Crippen MR) is 71.8 cm³/mol. The van der Waals surface area contributed by atoms with Crippen LogP contribution in [0, 0.1) is 12.8 Å². The van der Waals surface area contributed by atoms with E-state index in [9.17, 15) is 0 Å². The Hall–Kier alpha value is -0.830. The highest BCUT2D eigenvalue weighted by atomic mass is 35.5. The van der Waals surface area contributed by atoms with Crippen molar-refractivity contribution in [2.75, 3.05) is 18.5 Å². The van der Waals surface area contributed by atoms with Crippen molar-refractivity contribution in [2.45, 2.75) is 39.5 Å². The molecule has 1 aromatic rings. The van der Waals surface area contributed by atoms with E-state index in [0.29, 0.717) is 5.15 Å². The molecular formula is C13H20ClN3. The Balaban J connectivity index is 2.15.